The van der Waals surface area contributed by atoms with Gasteiger partial charge in [-0.1, -0.05) is 6.07 Å². The summed E-state index contributed by atoms with van der Waals surface area (Å²) in [6, 6.07) is 4.27. The molecule has 1 aromatic carbocycles. The highest BCUT2D eigenvalue weighted by Gasteiger charge is 2.35. The van der Waals surface area contributed by atoms with Gasteiger partial charge in [0.05, 0.1) is 19.3 Å². The number of ether oxygens (including phenoxy) is 2. The van der Waals surface area contributed by atoms with Crippen LogP contribution >= 0.6 is 0 Å². The number of carbonyl (C=O) groups excluding carboxylic acids is 1. The van der Waals surface area contributed by atoms with E-state index in [2.05, 4.69) is 0 Å². The molecule has 0 bridgehead atoms. The van der Waals surface area contributed by atoms with Crippen LogP contribution in [0.5, 0.6) is 11.5 Å². The number of para-hydroxylation sites is 1. The van der Waals surface area contributed by atoms with E-state index >= 15 is 0 Å². The van der Waals surface area contributed by atoms with Gasteiger partial charge in [-0.3, -0.25) is 4.79 Å². The van der Waals surface area contributed by atoms with Crippen LogP contribution in [0.15, 0.2) is 18.2 Å². The molecule has 1 aliphatic heterocycles. The molecule has 1 N–H and O–H groups in total. The first kappa shape index (κ1) is 15.2. The van der Waals surface area contributed by atoms with Gasteiger partial charge < -0.3 is 19.5 Å². The number of likely N-dealkylation sites (tertiary alicyclic amines) is 1. The molecule has 2 rings (SSSR count). The zero-order chi connectivity index (χ0) is 15.4. The molecular formula is C15H19NO5. The number of hydrogen-bond donors (Lipinski definition) is 1. The number of nitrogens with zero attached hydrogens (tertiary/aromatic N) is 1. The summed E-state index contributed by atoms with van der Waals surface area (Å²) >= 11 is 0. The maximum Gasteiger partial charge on any atom is 0.326 e. The van der Waals surface area contributed by atoms with E-state index in [-0.39, 0.29) is 5.91 Å². The number of hydrogen-bond acceptors (Lipinski definition) is 4. The molecule has 0 saturated carbocycles. The van der Waals surface area contributed by atoms with E-state index in [4.69, 9.17) is 9.47 Å². The smallest absolute Gasteiger partial charge is 0.326 e. The van der Waals surface area contributed by atoms with Crippen molar-refractivity contribution in [1.29, 1.82) is 0 Å². The van der Waals surface area contributed by atoms with Gasteiger partial charge in [-0.2, -0.15) is 0 Å². The van der Waals surface area contributed by atoms with Crippen molar-refractivity contribution in [3.8, 4) is 11.5 Å². The molecule has 6 heteroatoms. The van der Waals surface area contributed by atoms with Gasteiger partial charge in [0, 0.05) is 6.54 Å². The Kier molecular flexibility index (Phi) is 4.67. The molecule has 1 heterocycles. The van der Waals surface area contributed by atoms with Crippen LogP contribution in [-0.4, -0.2) is 48.2 Å². The predicted octanol–water partition coefficient (Wildman–Crippen LogP) is 1.78. The highest BCUT2D eigenvalue weighted by atomic mass is 16.5. The summed E-state index contributed by atoms with van der Waals surface area (Å²) in [7, 11) is 1.50. The van der Waals surface area contributed by atoms with E-state index in [1.54, 1.807) is 18.2 Å². The Morgan fingerprint density at radius 2 is 2.19 bits per heavy atom. The van der Waals surface area contributed by atoms with E-state index in [9.17, 15) is 14.7 Å². The van der Waals surface area contributed by atoms with Gasteiger partial charge in [0.1, 0.15) is 6.04 Å². The average Bonchev–Trinajstić information content (AvgIpc) is 2.96. The third-order valence-electron chi connectivity index (χ3n) is 3.52. The van der Waals surface area contributed by atoms with Gasteiger partial charge >= 0.3 is 5.97 Å². The van der Waals surface area contributed by atoms with E-state index in [1.165, 1.54) is 12.0 Å². The molecule has 1 aromatic rings. The summed E-state index contributed by atoms with van der Waals surface area (Å²) in [6.45, 7) is 2.65. The van der Waals surface area contributed by atoms with Crippen LogP contribution in [0.2, 0.25) is 0 Å². The van der Waals surface area contributed by atoms with Crippen molar-refractivity contribution in [3.05, 3.63) is 23.8 Å². The van der Waals surface area contributed by atoms with Gasteiger partial charge in [0.25, 0.3) is 5.91 Å². The molecule has 1 amide bonds. The summed E-state index contributed by atoms with van der Waals surface area (Å²) in [4.78, 5) is 25.3. The van der Waals surface area contributed by atoms with Crippen molar-refractivity contribution in [3.63, 3.8) is 0 Å². The first-order chi connectivity index (χ1) is 10.1. The Morgan fingerprint density at radius 1 is 1.43 bits per heavy atom. The van der Waals surface area contributed by atoms with Gasteiger partial charge in [-0.15, -0.1) is 0 Å². The normalized spacial score (nSPS) is 17.6. The van der Waals surface area contributed by atoms with Crippen molar-refractivity contribution in [2.75, 3.05) is 20.3 Å². The van der Waals surface area contributed by atoms with Crippen LogP contribution < -0.4 is 9.47 Å². The Hall–Kier alpha value is -2.24. The largest absolute Gasteiger partial charge is 0.493 e. The molecule has 1 atom stereocenters. The molecule has 1 unspecified atom stereocenters. The van der Waals surface area contributed by atoms with Gasteiger partial charge in [0.2, 0.25) is 0 Å². The van der Waals surface area contributed by atoms with Crippen LogP contribution in [-0.2, 0) is 4.79 Å². The lowest BCUT2D eigenvalue weighted by molar-refractivity contribution is -0.141. The molecule has 1 fully saturated rings. The first-order valence-corrected chi connectivity index (χ1v) is 6.93. The molecule has 0 aromatic heterocycles. The molecule has 21 heavy (non-hydrogen) atoms. The van der Waals surface area contributed by atoms with Crippen molar-refractivity contribution < 1.29 is 24.2 Å². The van der Waals surface area contributed by atoms with E-state index in [0.29, 0.717) is 43.1 Å². The molecule has 1 aliphatic rings. The highest BCUT2D eigenvalue weighted by molar-refractivity contribution is 6.00. The maximum atomic E-state index is 12.7. The zero-order valence-electron chi connectivity index (χ0n) is 12.2. The lowest BCUT2D eigenvalue weighted by atomic mass is 10.1. The van der Waals surface area contributed by atoms with Crippen LogP contribution in [0, 0.1) is 0 Å². The summed E-state index contributed by atoms with van der Waals surface area (Å²) in [5.41, 5.74) is 0.337. The second-order valence-electron chi connectivity index (χ2n) is 4.76. The molecule has 0 radical (unpaired) electrons. The third kappa shape index (κ3) is 2.94. The number of amides is 1. The lowest BCUT2D eigenvalue weighted by Gasteiger charge is -2.23. The summed E-state index contributed by atoms with van der Waals surface area (Å²) in [6.07, 6.45) is 1.17. The summed E-state index contributed by atoms with van der Waals surface area (Å²) in [5, 5.41) is 9.20. The molecule has 0 spiro atoms. The number of carbonyl (C=O) groups is 2. The average molecular weight is 293 g/mol. The quantitative estimate of drug-likeness (QED) is 0.895. The van der Waals surface area contributed by atoms with Gasteiger partial charge in [0.15, 0.2) is 11.5 Å². The second kappa shape index (κ2) is 6.47. The van der Waals surface area contributed by atoms with Crippen molar-refractivity contribution >= 4 is 11.9 Å². The fourth-order valence-electron chi connectivity index (χ4n) is 2.56. The minimum atomic E-state index is -0.971. The predicted molar refractivity (Wildman–Crippen MR) is 75.9 cm³/mol. The Morgan fingerprint density at radius 3 is 2.81 bits per heavy atom. The fraction of sp³-hybridized carbons (Fsp3) is 0.467. The van der Waals surface area contributed by atoms with Gasteiger partial charge in [-0.05, 0) is 31.9 Å². The van der Waals surface area contributed by atoms with E-state index in [1.807, 2.05) is 6.92 Å². The molecule has 0 aliphatic carbocycles. The standard InChI is InChI=1S/C15H19NO5/c1-3-21-13-10(6-4-8-12(13)20-2)14(17)16-9-5-7-11(16)15(18)19/h4,6,8,11H,3,5,7,9H2,1-2H3,(H,18,19). The SMILES string of the molecule is CCOc1c(OC)cccc1C(=O)N1CCCC1C(=O)O. The number of carboxylic acid groups (broad SMARTS) is 1. The van der Waals surface area contributed by atoms with Crippen LogP contribution in [0.25, 0.3) is 0 Å². The maximum absolute atomic E-state index is 12.7. The highest BCUT2D eigenvalue weighted by Crippen LogP contribution is 2.33. The Bertz CT molecular complexity index is 543. The van der Waals surface area contributed by atoms with E-state index in [0.717, 1.165) is 0 Å². The first-order valence-electron chi connectivity index (χ1n) is 6.93. The second-order valence-corrected chi connectivity index (χ2v) is 4.76. The summed E-state index contributed by atoms with van der Waals surface area (Å²) < 4.78 is 10.7. The number of aliphatic carboxylic acids is 1. The van der Waals surface area contributed by atoms with E-state index < -0.39 is 12.0 Å². The van der Waals surface area contributed by atoms with Crippen LogP contribution in [0.4, 0.5) is 0 Å². The molecule has 6 nitrogen and oxygen atoms in total. The third-order valence-corrected chi connectivity index (χ3v) is 3.52. The number of carboxylic acids is 1. The van der Waals surface area contributed by atoms with Crippen molar-refractivity contribution in [2.24, 2.45) is 0 Å². The topological polar surface area (TPSA) is 76.1 Å². The minimum absolute atomic E-state index is 0.331. The molecule has 114 valence electrons. The molecule has 1 saturated heterocycles. The monoisotopic (exact) mass is 293 g/mol. The number of methoxy groups -OCH3 is 1. The summed E-state index contributed by atoms with van der Waals surface area (Å²) in [5.74, 6) is -0.471. The van der Waals surface area contributed by atoms with Crippen molar-refractivity contribution in [1.82, 2.24) is 4.90 Å². The van der Waals surface area contributed by atoms with Crippen molar-refractivity contribution in [2.45, 2.75) is 25.8 Å². The number of benzene rings is 1. The Balaban J connectivity index is 2.36. The fourth-order valence-corrected chi connectivity index (χ4v) is 2.56. The Labute approximate surface area is 123 Å². The van der Waals surface area contributed by atoms with Crippen LogP contribution in [0.3, 0.4) is 0 Å². The number of rotatable bonds is 5. The van der Waals surface area contributed by atoms with Gasteiger partial charge in [-0.25, -0.2) is 4.79 Å². The van der Waals surface area contributed by atoms with Crippen LogP contribution in [0.1, 0.15) is 30.1 Å². The minimum Gasteiger partial charge on any atom is -0.493 e. The zero-order valence-corrected chi connectivity index (χ0v) is 12.2. The molecular weight excluding hydrogens is 274 g/mol. The lowest BCUT2D eigenvalue weighted by Crippen LogP contribution is -2.40.